The average Bonchev–Trinajstić information content (AvgIpc) is 2.88. The number of para-hydroxylation sites is 1. The van der Waals surface area contributed by atoms with Gasteiger partial charge in [-0.15, -0.1) is 0 Å². The predicted octanol–water partition coefficient (Wildman–Crippen LogP) is 6.79. The number of aromatic carboxylic acids is 1. The summed E-state index contributed by atoms with van der Waals surface area (Å²) in [6, 6.07) is 27.1. The topological polar surface area (TPSA) is 58.6 Å². The molecule has 1 aliphatic rings. The Morgan fingerprint density at radius 1 is 0.943 bits per heavy atom. The number of carboxylic acids is 1. The summed E-state index contributed by atoms with van der Waals surface area (Å²) in [5.41, 5.74) is 5.87. The quantitative estimate of drug-likeness (QED) is 0.329. The van der Waals surface area contributed by atoms with E-state index in [0.29, 0.717) is 5.56 Å². The number of nitrogens with one attached hydrogen (secondary N) is 1. The van der Waals surface area contributed by atoms with Gasteiger partial charge in [0.05, 0.1) is 5.56 Å². The van der Waals surface area contributed by atoms with Gasteiger partial charge in [0, 0.05) is 24.1 Å². The van der Waals surface area contributed by atoms with Crippen LogP contribution in [0.3, 0.4) is 0 Å². The third-order valence-electron chi connectivity index (χ3n) is 7.46. The first kappa shape index (κ1) is 23.1. The van der Waals surface area contributed by atoms with Crippen LogP contribution in [0.5, 0.6) is 5.75 Å². The summed E-state index contributed by atoms with van der Waals surface area (Å²) >= 11 is 0. The third kappa shape index (κ3) is 4.42. The maximum atomic E-state index is 11.6. The standard InChI is InChI=1S/C31H31NO3/c1-19-20(2)25(31(33)34)16-15-24(19)29-17-23(35-30-14-7-6-12-28(29)30)18-32-21(3)26-13-8-10-22-9-4-5-11-27(22)26/h4-16,21,23,29,32H,17-18H2,1-3H3,(H,33,34)/t21-,23-,29+/m1/s1. The van der Waals surface area contributed by atoms with Gasteiger partial charge in [-0.2, -0.15) is 0 Å². The highest BCUT2D eigenvalue weighted by atomic mass is 16.5. The molecule has 0 amide bonds. The van der Waals surface area contributed by atoms with Crippen LogP contribution < -0.4 is 10.1 Å². The van der Waals surface area contributed by atoms with Crippen molar-refractivity contribution >= 4 is 16.7 Å². The molecule has 5 rings (SSSR count). The van der Waals surface area contributed by atoms with Crippen LogP contribution in [0, 0.1) is 13.8 Å². The summed E-state index contributed by atoms with van der Waals surface area (Å²) in [5, 5.41) is 15.8. The smallest absolute Gasteiger partial charge is 0.335 e. The molecule has 2 N–H and O–H groups in total. The van der Waals surface area contributed by atoms with Gasteiger partial charge < -0.3 is 15.2 Å². The number of ether oxygens (including phenoxy) is 1. The molecule has 0 saturated carbocycles. The molecule has 0 bridgehead atoms. The highest BCUT2D eigenvalue weighted by Crippen LogP contribution is 2.42. The van der Waals surface area contributed by atoms with E-state index < -0.39 is 5.97 Å². The van der Waals surface area contributed by atoms with Gasteiger partial charge in [-0.25, -0.2) is 4.79 Å². The number of hydrogen-bond donors (Lipinski definition) is 2. The van der Waals surface area contributed by atoms with Crippen molar-refractivity contribution < 1.29 is 14.6 Å². The van der Waals surface area contributed by atoms with Crippen molar-refractivity contribution in [3.8, 4) is 5.75 Å². The average molecular weight is 466 g/mol. The predicted molar refractivity (Wildman–Crippen MR) is 141 cm³/mol. The van der Waals surface area contributed by atoms with Crippen LogP contribution in [0.2, 0.25) is 0 Å². The fraction of sp³-hybridized carbons (Fsp3) is 0.258. The maximum Gasteiger partial charge on any atom is 0.335 e. The van der Waals surface area contributed by atoms with Crippen molar-refractivity contribution in [3.05, 3.63) is 112 Å². The fourth-order valence-electron chi connectivity index (χ4n) is 5.41. The summed E-state index contributed by atoms with van der Waals surface area (Å²) < 4.78 is 6.43. The van der Waals surface area contributed by atoms with Gasteiger partial charge in [-0.1, -0.05) is 66.7 Å². The first-order chi connectivity index (χ1) is 16.9. The zero-order chi connectivity index (χ0) is 24.5. The van der Waals surface area contributed by atoms with E-state index in [1.54, 1.807) is 6.07 Å². The summed E-state index contributed by atoms with van der Waals surface area (Å²) in [6.07, 6.45) is 0.838. The van der Waals surface area contributed by atoms with Crippen LogP contribution in [0.25, 0.3) is 10.8 Å². The van der Waals surface area contributed by atoms with Crippen molar-refractivity contribution in [1.29, 1.82) is 0 Å². The number of benzene rings is 4. The van der Waals surface area contributed by atoms with E-state index in [1.165, 1.54) is 21.9 Å². The number of rotatable bonds is 6. The Labute approximate surface area is 206 Å². The van der Waals surface area contributed by atoms with Crippen molar-refractivity contribution in [2.75, 3.05) is 6.54 Å². The minimum atomic E-state index is -0.881. The monoisotopic (exact) mass is 465 g/mol. The number of hydrogen-bond acceptors (Lipinski definition) is 3. The molecule has 0 fully saturated rings. The highest BCUT2D eigenvalue weighted by molar-refractivity contribution is 5.90. The van der Waals surface area contributed by atoms with Gasteiger partial charge in [0.25, 0.3) is 0 Å². The second-order valence-electron chi connectivity index (χ2n) is 9.52. The Balaban J connectivity index is 1.40. The normalized spacial score (nSPS) is 18.0. The van der Waals surface area contributed by atoms with Crippen LogP contribution in [0.1, 0.15) is 63.5 Å². The molecule has 0 spiro atoms. The summed E-state index contributed by atoms with van der Waals surface area (Å²) in [4.78, 5) is 11.6. The Morgan fingerprint density at radius 3 is 2.51 bits per heavy atom. The Kier molecular flexibility index (Phi) is 6.31. The lowest BCUT2D eigenvalue weighted by Gasteiger charge is -2.34. The molecular weight excluding hydrogens is 434 g/mol. The van der Waals surface area contributed by atoms with Crippen molar-refractivity contribution in [2.24, 2.45) is 0 Å². The molecule has 4 aromatic carbocycles. The zero-order valence-corrected chi connectivity index (χ0v) is 20.4. The van der Waals surface area contributed by atoms with Crippen molar-refractivity contribution in [2.45, 2.75) is 45.3 Å². The number of carbonyl (C=O) groups is 1. The molecule has 35 heavy (non-hydrogen) atoms. The minimum absolute atomic E-state index is 0.00572. The van der Waals surface area contributed by atoms with Crippen molar-refractivity contribution in [1.82, 2.24) is 5.32 Å². The lowest BCUT2D eigenvalue weighted by molar-refractivity contribution is 0.0696. The van der Waals surface area contributed by atoms with Crippen LogP contribution in [-0.2, 0) is 0 Å². The summed E-state index contributed by atoms with van der Waals surface area (Å²) in [7, 11) is 0. The molecule has 178 valence electrons. The summed E-state index contributed by atoms with van der Waals surface area (Å²) in [5.74, 6) is 0.183. The van der Waals surface area contributed by atoms with E-state index >= 15 is 0 Å². The molecule has 0 radical (unpaired) electrons. The first-order valence-electron chi connectivity index (χ1n) is 12.2. The fourth-order valence-corrected chi connectivity index (χ4v) is 5.41. The first-order valence-corrected chi connectivity index (χ1v) is 12.2. The van der Waals surface area contributed by atoms with E-state index in [-0.39, 0.29) is 18.1 Å². The molecule has 0 saturated heterocycles. The summed E-state index contributed by atoms with van der Waals surface area (Å²) in [6.45, 7) is 6.86. The largest absolute Gasteiger partial charge is 0.489 e. The van der Waals surface area contributed by atoms with Gasteiger partial charge in [-0.3, -0.25) is 0 Å². The highest BCUT2D eigenvalue weighted by Gasteiger charge is 2.31. The van der Waals surface area contributed by atoms with E-state index in [4.69, 9.17) is 4.74 Å². The third-order valence-corrected chi connectivity index (χ3v) is 7.46. The Bertz CT molecular complexity index is 1390. The second-order valence-corrected chi connectivity index (χ2v) is 9.52. The van der Waals surface area contributed by atoms with Gasteiger partial charge in [-0.05, 0) is 72.4 Å². The van der Waals surface area contributed by atoms with E-state index in [0.717, 1.165) is 35.4 Å². The Hall–Kier alpha value is -3.63. The molecule has 4 aromatic rings. The van der Waals surface area contributed by atoms with Crippen LogP contribution in [0.15, 0.2) is 78.9 Å². The van der Waals surface area contributed by atoms with Crippen LogP contribution in [0.4, 0.5) is 0 Å². The lowest BCUT2D eigenvalue weighted by Crippen LogP contribution is -2.37. The van der Waals surface area contributed by atoms with Gasteiger partial charge in [0.2, 0.25) is 0 Å². The minimum Gasteiger partial charge on any atom is -0.489 e. The van der Waals surface area contributed by atoms with Gasteiger partial charge >= 0.3 is 5.97 Å². The van der Waals surface area contributed by atoms with Gasteiger partial charge in [0.1, 0.15) is 11.9 Å². The Morgan fingerprint density at radius 2 is 1.69 bits per heavy atom. The van der Waals surface area contributed by atoms with Crippen LogP contribution in [-0.4, -0.2) is 23.7 Å². The molecule has 0 aliphatic carbocycles. The maximum absolute atomic E-state index is 11.6. The van der Waals surface area contributed by atoms with E-state index in [9.17, 15) is 9.90 Å². The molecular formula is C31H31NO3. The molecule has 4 nitrogen and oxygen atoms in total. The molecule has 0 aromatic heterocycles. The molecule has 1 heterocycles. The lowest BCUT2D eigenvalue weighted by atomic mass is 9.80. The molecule has 1 aliphatic heterocycles. The van der Waals surface area contributed by atoms with E-state index in [1.807, 2.05) is 38.1 Å². The zero-order valence-electron chi connectivity index (χ0n) is 20.4. The molecule has 3 atom stereocenters. The van der Waals surface area contributed by atoms with Gasteiger partial charge in [0.15, 0.2) is 0 Å². The van der Waals surface area contributed by atoms with E-state index in [2.05, 4.69) is 60.8 Å². The number of fused-ring (bicyclic) bond motifs is 2. The molecule has 4 heteroatoms. The number of carboxylic acid groups (broad SMARTS) is 1. The molecule has 0 unspecified atom stereocenters. The SMILES string of the molecule is Cc1c(C(=O)O)ccc([C@@H]2C[C@H](CN[C@H](C)c3cccc4ccccc34)Oc3ccccc32)c1C. The van der Waals surface area contributed by atoms with Crippen molar-refractivity contribution in [3.63, 3.8) is 0 Å². The second kappa shape index (κ2) is 9.55. The van der Waals surface area contributed by atoms with Crippen LogP contribution >= 0.6 is 0 Å².